The molecule has 0 aromatic rings. The number of rotatable bonds is 5. The van der Waals surface area contributed by atoms with Gasteiger partial charge >= 0.3 is 0 Å². The SMILES string of the molecule is CC(C)C(N)=NCCCS(C)(=O)=O. The average molecular weight is 206 g/mol. The van der Waals surface area contributed by atoms with Crippen LogP contribution in [0, 0.1) is 5.92 Å². The summed E-state index contributed by atoms with van der Waals surface area (Å²) in [6.07, 6.45) is 1.77. The topological polar surface area (TPSA) is 72.5 Å². The van der Waals surface area contributed by atoms with Gasteiger partial charge in [0.1, 0.15) is 9.84 Å². The highest BCUT2D eigenvalue weighted by atomic mass is 32.2. The largest absolute Gasteiger partial charge is 0.387 e. The molecule has 0 aromatic heterocycles. The van der Waals surface area contributed by atoms with Crippen LogP contribution in [0.1, 0.15) is 20.3 Å². The second kappa shape index (κ2) is 5.21. The molecule has 78 valence electrons. The number of nitrogens with zero attached hydrogens (tertiary/aromatic N) is 1. The van der Waals surface area contributed by atoms with Crippen molar-refractivity contribution in [2.24, 2.45) is 16.6 Å². The monoisotopic (exact) mass is 206 g/mol. The van der Waals surface area contributed by atoms with Crippen LogP contribution in [0.4, 0.5) is 0 Å². The van der Waals surface area contributed by atoms with Gasteiger partial charge in [-0.1, -0.05) is 13.8 Å². The highest BCUT2D eigenvalue weighted by Crippen LogP contribution is 1.94. The molecule has 4 nitrogen and oxygen atoms in total. The molecule has 0 aliphatic carbocycles. The second-order valence-corrected chi connectivity index (χ2v) is 5.70. The molecule has 0 saturated carbocycles. The molecule has 0 aliphatic rings. The number of aliphatic imine (C=N–C) groups is 1. The Morgan fingerprint density at radius 1 is 1.46 bits per heavy atom. The van der Waals surface area contributed by atoms with Gasteiger partial charge in [-0.25, -0.2) is 8.42 Å². The Kier molecular flexibility index (Phi) is 4.98. The minimum absolute atomic E-state index is 0.182. The van der Waals surface area contributed by atoms with E-state index in [9.17, 15) is 8.42 Å². The summed E-state index contributed by atoms with van der Waals surface area (Å²) >= 11 is 0. The fourth-order valence-corrected chi connectivity index (χ4v) is 1.37. The maximum Gasteiger partial charge on any atom is 0.147 e. The molecule has 0 aromatic carbocycles. The van der Waals surface area contributed by atoms with E-state index < -0.39 is 9.84 Å². The predicted molar refractivity (Wildman–Crippen MR) is 55.7 cm³/mol. The Morgan fingerprint density at radius 2 is 2.00 bits per heavy atom. The van der Waals surface area contributed by atoms with Gasteiger partial charge in [0.25, 0.3) is 0 Å². The summed E-state index contributed by atoms with van der Waals surface area (Å²) in [5, 5.41) is 0. The van der Waals surface area contributed by atoms with E-state index in [1.807, 2.05) is 13.8 Å². The molecule has 0 radical (unpaired) electrons. The fraction of sp³-hybridized carbons (Fsp3) is 0.875. The summed E-state index contributed by atoms with van der Waals surface area (Å²) in [4.78, 5) is 4.06. The van der Waals surface area contributed by atoms with E-state index in [1.165, 1.54) is 6.26 Å². The van der Waals surface area contributed by atoms with Crippen LogP contribution in [0.3, 0.4) is 0 Å². The zero-order valence-corrected chi connectivity index (χ0v) is 9.26. The maximum atomic E-state index is 10.7. The van der Waals surface area contributed by atoms with Gasteiger partial charge < -0.3 is 5.73 Å². The Bertz CT molecular complexity index is 268. The first-order chi connectivity index (χ1) is 5.83. The lowest BCUT2D eigenvalue weighted by atomic mass is 10.2. The lowest BCUT2D eigenvalue weighted by molar-refractivity contribution is 0.599. The molecule has 0 unspecified atom stereocenters. The first-order valence-corrected chi connectivity index (χ1v) is 6.36. The van der Waals surface area contributed by atoms with Gasteiger partial charge in [-0.05, 0) is 6.42 Å². The molecule has 0 rings (SSSR count). The van der Waals surface area contributed by atoms with Crippen molar-refractivity contribution in [3.05, 3.63) is 0 Å². The first-order valence-electron chi connectivity index (χ1n) is 4.30. The number of hydrogen-bond acceptors (Lipinski definition) is 3. The molecular weight excluding hydrogens is 188 g/mol. The van der Waals surface area contributed by atoms with Gasteiger partial charge in [-0.2, -0.15) is 0 Å². The van der Waals surface area contributed by atoms with Gasteiger partial charge in [0, 0.05) is 18.7 Å². The number of sulfone groups is 1. The smallest absolute Gasteiger partial charge is 0.147 e. The summed E-state index contributed by atoms with van der Waals surface area (Å²) in [5.74, 6) is 1.01. The molecule has 0 bridgehead atoms. The van der Waals surface area contributed by atoms with Crippen LogP contribution in [-0.4, -0.2) is 32.8 Å². The van der Waals surface area contributed by atoms with Gasteiger partial charge in [-0.3, -0.25) is 4.99 Å². The van der Waals surface area contributed by atoms with Crippen molar-refractivity contribution < 1.29 is 8.42 Å². The Hall–Kier alpha value is -0.580. The highest BCUT2D eigenvalue weighted by molar-refractivity contribution is 7.90. The summed E-state index contributed by atoms with van der Waals surface area (Å²) in [6, 6.07) is 0. The van der Waals surface area contributed by atoms with Crippen LogP contribution in [0.5, 0.6) is 0 Å². The molecule has 0 fully saturated rings. The maximum absolute atomic E-state index is 10.7. The van der Waals surface area contributed by atoms with Crippen LogP contribution in [-0.2, 0) is 9.84 Å². The molecule has 0 atom stereocenters. The van der Waals surface area contributed by atoms with Gasteiger partial charge in [-0.15, -0.1) is 0 Å². The number of hydrogen-bond donors (Lipinski definition) is 1. The van der Waals surface area contributed by atoms with Crippen molar-refractivity contribution in [2.45, 2.75) is 20.3 Å². The summed E-state index contributed by atoms with van der Waals surface area (Å²) in [5.41, 5.74) is 5.57. The van der Waals surface area contributed by atoms with Crippen LogP contribution < -0.4 is 5.73 Å². The van der Waals surface area contributed by atoms with Crippen LogP contribution >= 0.6 is 0 Å². The third-order valence-corrected chi connectivity index (χ3v) is 2.59. The van der Waals surface area contributed by atoms with Crippen LogP contribution in [0.15, 0.2) is 4.99 Å². The molecule has 0 heterocycles. The van der Waals surface area contributed by atoms with Crippen molar-refractivity contribution in [1.29, 1.82) is 0 Å². The van der Waals surface area contributed by atoms with Crippen LogP contribution in [0.2, 0.25) is 0 Å². The van der Waals surface area contributed by atoms with Crippen molar-refractivity contribution in [2.75, 3.05) is 18.6 Å². The minimum Gasteiger partial charge on any atom is -0.387 e. The fourth-order valence-electron chi connectivity index (χ4n) is 0.717. The van der Waals surface area contributed by atoms with E-state index in [1.54, 1.807) is 0 Å². The van der Waals surface area contributed by atoms with E-state index >= 15 is 0 Å². The highest BCUT2D eigenvalue weighted by Gasteiger charge is 2.01. The zero-order chi connectivity index (χ0) is 10.5. The number of nitrogens with two attached hydrogens (primary N) is 1. The Labute approximate surface area is 80.2 Å². The van der Waals surface area contributed by atoms with E-state index in [-0.39, 0.29) is 11.7 Å². The van der Waals surface area contributed by atoms with Gasteiger partial charge in [0.15, 0.2) is 0 Å². The molecule has 5 heteroatoms. The normalized spacial score (nSPS) is 13.7. The second-order valence-electron chi connectivity index (χ2n) is 3.44. The van der Waals surface area contributed by atoms with E-state index in [2.05, 4.69) is 4.99 Å². The zero-order valence-electron chi connectivity index (χ0n) is 8.45. The van der Waals surface area contributed by atoms with Gasteiger partial charge in [0.05, 0.1) is 11.6 Å². The summed E-state index contributed by atoms with van der Waals surface area (Å²) < 4.78 is 21.5. The Balaban J connectivity index is 3.75. The quantitative estimate of drug-likeness (QED) is 0.403. The molecule has 13 heavy (non-hydrogen) atoms. The lowest BCUT2D eigenvalue weighted by Crippen LogP contribution is -2.19. The van der Waals surface area contributed by atoms with Crippen molar-refractivity contribution >= 4 is 15.7 Å². The molecule has 2 N–H and O–H groups in total. The van der Waals surface area contributed by atoms with Gasteiger partial charge in [0.2, 0.25) is 0 Å². The van der Waals surface area contributed by atoms with E-state index in [4.69, 9.17) is 5.73 Å². The van der Waals surface area contributed by atoms with Crippen molar-refractivity contribution in [1.82, 2.24) is 0 Å². The molecule has 0 aliphatic heterocycles. The van der Waals surface area contributed by atoms with E-state index in [0.717, 1.165) is 0 Å². The lowest BCUT2D eigenvalue weighted by Gasteiger charge is -2.03. The molecule has 0 amide bonds. The van der Waals surface area contributed by atoms with E-state index in [0.29, 0.717) is 18.8 Å². The summed E-state index contributed by atoms with van der Waals surface area (Å²) in [6.45, 7) is 4.40. The third-order valence-electron chi connectivity index (χ3n) is 1.56. The summed E-state index contributed by atoms with van der Waals surface area (Å²) in [7, 11) is -2.85. The number of amidine groups is 1. The molecular formula is C8H18N2O2S. The van der Waals surface area contributed by atoms with Crippen molar-refractivity contribution in [3.8, 4) is 0 Å². The Morgan fingerprint density at radius 3 is 2.38 bits per heavy atom. The van der Waals surface area contributed by atoms with Crippen LogP contribution in [0.25, 0.3) is 0 Å². The molecule has 0 spiro atoms. The predicted octanol–water partition coefficient (Wildman–Crippen LogP) is 0.434. The third kappa shape index (κ3) is 7.77. The minimum atomic E-state index is -2.85. The van der Waals surface area contributed by atoms with Crippen molar-refractivity contribution in [3.63, 3.8) is 0 Å². The first kappa shape index (κ1) is 12.4. The standard InChI is InChI=1S/C8H18N2O2S/c1-7(2)8(9)10-5-4-6-13(3,11)12/h7H,4-6H2,1-3H3,(H2,9,10). The average Bonchev–Trinajstić information content (AvgIpc) is 1.95. The molecule has 0 saturated heterocycles.